The highest BCUT2D eigenvalue weighted by Crippen LogP contribution is 2.17. The number of carboxylic acid groups (broad SMARTS) is 1. The van der Waals surface area contributed by atoms with Gasteiger partial charge in [0, 0.05) is 32.2 Å². The van der Waals surface area contributed by atoms with Crippen LogP contribution >= 0.6 is 0 Å². The van der Waals surface area contributed by atoms with Crippen molar-refractivity contribution < 1.29 is 19.8 Å². The molecule has 1 aromatic carbocycles. The summed E-state index contributed by atoms with van der Waals surface area (Å²) >= 11 is 0. The van der Waals surface area contributed by atoms with E-state index in [-0.39, 0.29) is 31.0 Å². The first-order valence-electron chi connectivity index (χ1n) is 9.00. The Labute approximate surface area is 148 Å². The van der Waals surface area contributed by atoms with Gasteiger partial charge in [0.05, 0.1) is 0 Å². The first-order valence-corrected chi connectivity index (χ1v) is 9.00. The monoisotopic (exact) mass is 348 g/mol. The summed E-state index contributed by atoms with van der Waals surface area (Å²) in [7, 11) is 0. The van der Waals surface area contributed by atoms with Crippen LogP contribution in [0.5, 0.6) is 0 Å². The summed E-state index contributed by atoms with van der Waals surface area (Å²) in [6.07, 6.45) is 3.69. The number of urea groups is 1. The van der Waals surface area contributed by atoms with E-state index in [1.165, 1.54) is 0 Å². The lowest BCUT2D eigenvalue weighted by atomic mass is 10.0. The van der Waals surface area contributed by atoms with Crippen LogP contribution < -0.4 is 5.32 Å². The van der Waals surface area contributed by atoms with E-state index in [4.69, 9.17) is 5.11 Å². The molecule has 0 aliphatic carbocycles. The molecule has 25 heavy (non-hydrogen) atoms. The first kappa shape index (κ1) is 19.2. The van der Waals surface area contributed by atoms with Gasteiger partial charge in [0.2, 0.25) is 0 Å². The second-order valence-corrected chi connectivity index (χ2v) is 6.74. The Bertz CT molecular complexity index is 550. The van der Waals surface area contributed by atoms with Gasteiger partial charge in [-0.1, -0.05) is 30.3 Å². The topological polar surface area (TPSA) is 89.9 Å². The molecule has 2 amide bonds. The number of rotatable bonds is 7. The van der Waals surface area contributed by atoms with Crippen molar-refractivity contribution in [2.45, 2.75) is 44.6 Å². The Morgan fingerprint density at radius 1 is 1.20 bits per heavy atom. The number of nitrogens with zero attached hydrogens (tertiary/aromatic N) is 1. The zero-order valence-corrected chi connectivity index (χ0v) is 14.6. The third kappa shape index (κ3) is 6.74. The maximum Gasteiger partial charge on any atom is 0.317 e. The molecule has 3 N–H and O–H groups in total. The van der Waals surface area contributed by atoms with Crippen LogP contribution in [0.2, 0.25) is 0 Å². The maximum absolute atomic E-state index is 12.6. The summed E-state index contributed by atoms with van der Waals surface area (Å²) < 4.78 is 0. The number of aliphatic hydroxyl groups is 1. The van der Waals surface area contributed by atoms with Crippen molar-refractivity contribution in [2.75, 3.05) is 19.7 Å². The van der Waals surface area contributed by atoms with Crippen molar-refractivity contribution in [3.8, 4) is 0 Å². The van der Waals surface area contributed by atoms with Crippen LogP contribution in [0.1, 0.15) is 37.7 Å². The molecule has 0 aromatic heterocycles. The minimum atomic E-state index is -0.854. The molecule has 2 unspecified atom stereocenters. The molecular weight excluding hydrogens is 320 g/mol. The number of carbonyl (C=O) groups is 2. The second kappa shape index (κ2) is 10.0. The molecule has 6 heteroatoms. The molecule has 2 rings (SSSR count). The van der Waals surface area contributed by atoms with E-state index in [9.17, 15) is 14.7 Å². The largest absolute Gasteiger partial charge is 0.481 e. The van der Waals surface area contributed by atoms with Crippen LogP contribution in [0.4, 0.5) is 4.79 Å². The normalized spacial score (nSPS) is 19.1. The van der Waals surface area contributed by atoms with E-state index in [1.54, 1.807) is 4.90 Å². The van der Waals surface area contributed by atoms with Gasteiger partial charge < -0.3 is 20.4 Å². The molecule has 0 bridgehead atoms. The standard InChI is InChI=1S/C19H28N2O4/c22-14-16-7-4-11-21(12-10-16)19(25)20-17(8-9-18(23)24)13-15-5-2-1-3-6-15/h1-3,5-6,16-17,22H,4,7-14H2,(H,20,25)(H,23,24). The SMILES string of the molecule is O=C(O)CCC(Cc1ccccc1)NC(=O)N1CCCC(CO)CC1. The lowest BCUT2D eigenvalue weighted by Crippen LogP contribution is -2.46. The number of likely N-dealkylation sites (tertiary alicyclic amines) is 1. The lowest BCUT2D eigenvalue weighted by Gasteiger charge is -2.25. The maximum atomic E-state index is 12.6. The molecule has 1 fully saturated rings. The number of aliphatic carboxylic acids is 1. The predicted octanol–water partition coefficient (Wildman–Crippen LogP) is 2.27. The molecule has 1 aliphatic heterocycles. The van der Waals surface area contributed by atoms with Crippen molar-refractivity contribution >= 4 is 12.0 Å². The molecular formula is C19H28N2O4. The lowest BCUT2D eigenvalue weighted by molar-refractivity contribution is -0.137. The van der Waals surface area contributed by atoms with Crippen molar-refractivity contribution in [1.29, 1.82) is 0 Å². The average Bonchev–Trinajstić information content (AvgIpc) is 2.86. The fourth-order valence-corrected chi connectivity index (χ4v) is 3.24. The number of hydrogen-bond donors (Lipinski definition) is 3. The number of aliphatic hydroxyl groups excluding tert-OH is 1. The second-order valence-electron chi connectivity index (χ2n) is 6.74. The molecule has 1 aliphatic rings. The van der Waals surface area contributed by atoms with Gasteiger partial charge in [-0.15, -0.1) is 0 Å². The van der Waals surface area contributed by atoms with Crippen molar-refractivity contribution in [2.24, 2.45) is 5.92 Å². The van der Waals surface area contributed by atoms with Gasteiger partial charge in [0.25, 0.3) is 0 Å². The number of benzene rings is 1. The third-order valence-corrected chi connectivity index (χ3v) is 4.75. The third-order valence-electron chi connectivity index (χ3n) is 4.75. The van der Waals surface area contributed by atoms with E-state index in [0.717, 1.165) is 24.8 Å². The summed E-state index contributed by atoms with van der Waals surface area (Å²) in [5.41, 5.74) is 1.08. The summed E-state index contributed by atoms with van der Waals surface area (Å²) in [4.78, 5) is 25.3. The Morgan fingerprint density at radius 2 is 1.96 bits per heavy atom. The summed E-state index contributed by atoms with van der Waals surface area (Å²) in [5.74, 6) is -0.585. The highest BCUT2D eigenvalue weighted by Gasteiger charge is 2.22. The van der Waals surface area contributed by atoms with Gasteiger partial charge in [-0.25, -0.2) is 4.79 Å². The van der Waals surface area contributed by atoms with Crippen LogP contribution in [0.15, 0.2) is 30.3 Å². The Kier molecular flexibility index (Phi) is 7.73. The quantitative estimate of drug-likeness (QED) is 0.705. The van der Waals surface area contributed by atoms with Gasteiger partial charge in [0.15, 0.2) is 0 Å². The van der Waals surface area contributed by atoms with E-state index < -0.39 is 5.97 Å². The van der Waals surface area contributed by atoms with Crippen LogP contribution in [-0.2, 0) is 11.2 Å². The summed E-state index contributed by atoms with van der Waals surface area (Å²) in [6, 6.07) is 9.44. The first-order chi connectivity index (χ1) is 12.1. The van der Waals surface area contributed by atoms with Gasteiger partial charge >= 0.3 is 12.0 Å². The molecule has 1 saturated heterocycles. The van der Waals surface area contributed by atoms with Crippen LogP contribution in [0.25, 0.3) is 0 Å². The Hall–Kier alpha value is -2.08. The number of carbonyl (C=O) groups excluding carboxylic acids is 1. The molecule has 0 spiro atoms. The minimum Gasteiger partial charge on any atom is -0.481 e. The van der Waals surface area contributed by atoms with E-state index >= 15 is 0 Å². The molecule has 1 heterocycles. The summed E-state index contributed by atoms with van der Waals surface area (Å²) in [6.45, 7) is 1.48. The van der Waals surface area contributed by atoms with Crippen molar-refractivity contribution in [3.63, 3.8) is 0 Å². The van der Waals surface area contributed by atoms with E-state index in [0.29, 0.717) is 25.9 Å². The van der Waals surface area contributed by atoms with Crippen LogP contribution in [-0.4, -0.2) is 52.9 Å². The molecule has 2 atom stereocenters. The van der Waals surface area contributed by atoms with Crippen molar-refractivity contribution in [1.82, 2.24) is 10.2 Å². The van der Waals surface area contributed by atoms with E-state index in [1.807, 2.05) is 30.3 Å². The fourth-order valence-electron chi connectivity index (χ4n) is 3.24. The van der Waals surface area contributed by atoms with Crippen LogP contribution in [0.3, 0.4) is 0 Å². The molecule has 138 valence electrons. The molecule has 0 saturated carbocycles. The van der Waals surface area contributed by atoms with E-state index in [2.05, 4.69) is 5.32 Å². The highest BCUT2D eigenvalue weighted by atomic mass is 16.4. The fraction of sp³-hybridized carbons (Fsp3) is 0.579. The number of carboxylic acids is 1. The zero-order valence-electron chi connectivity index (χ0n) is 14.6. The number of hydrogen-bond acceptors (Lipinski definition) is 3. The van der Waals surface area contributed by atoms with Crippen molar-refractivity contribution in [3.05, 3.63) is 35.9 Å². The van der Waals surface area contributed by atoms with Gasteiger partial charge in [-0.3, -0.25) is 4.79 Å². The molecule has 1 aromatic rings. The molecule has 6 nitrogen and oxygen atoms in total. The van der Waals surface area contributed by atoms with Gasteiger partial charge in [0.1, 0.15) is 0 Å². The minimum absolute atomic E-state index is 0.0321. The smallest absolute Gasteiger partial charge is 0.317 e. The number of amides is 2. The van der Waals surface area contributed by atoms with Gasteiger partial charge in [-0.2, -0.15) is 0 Å². The zero-order chi connectivity index (χ0) is 18.1. The van der Waals surface area contributed by atoms with Crippen LogP contribution in [0, 0.1) is 5.92 Å². The Morgan fingerprint density at radius 3 is 2.64 bits per heavy atom. The average molecular weight is 348 g/mol. The van der Waals surface area contributed by atoms with Gasteiger partial charge in [-0.05, 0) is 43.6 Å². The summed E-state index contributed by atoms with van der Waals surface area (Å²) in [5, 5.41) is 21.3. The molecule has 0 radical (unpaired) electrons. The Balaban J connectivity index is 1.94. The number of nitrogens with one attached hydrogen (secondary N) is 1. The predicted molar refractivity (Wildman–Crippen MR) is 95.3 cm³/mol. The highest BCUT2D eigenvalue weighted by molar-refractivity contribution is 5.74.